The zero-order valence-electron chi connectivity index (χ0n) is 10.3. The van der Waals surface area contributed by atoms with Crippen LogP contribution >= 0.6 is 0 Å². The standard InChI is InChI=1S/C11H19BN2O2/c1-4-5-14-7-10(6-13-14)12-15-8-11(2,3)9-16-12/h6-7H,4-5,8-9H2,1-3H3. The Hall–Kier alpha value is -0.805. The summed E-state index contributed by atoms with van der Waals surface area (Å²) in [4.78, 5) is 0. The number of hydrogen-bond acceptors (Lipinski definition) is 3. The van der Waals surface area contributed by atoms with E-state index in [0.717, 1.165) is 31.6 Å². The molecule has 0 spiro atoms. The van der Waals surface area contributed by atoms with Crippen LogP contribution in [-0.2, 0) is 15.9 Å². The molecule has 1 saturated heterocycles. The van der Waals surface area contributed by atoms with Gasteiger partial charge in [0.15, 0.2) is 0 Å². The van der Waals surface area contributed by atoms with Gasteiger partial charge in [-0.05, 0) is 6.42 Å². The monoisotopic (exact) mass is 222 g/mol. The van der Waals surface area contributed by atoms with Gasteiger partial charge >= 0.3 is 7.12 Å². The molecule has 0 atom stereocenters. The quantitative estimate of drug-likeness (QED) is 0.717. The van der Waals surface area contributed by atoms with Crippen molar-refractivity contribution in [1.29, 1.82) is 0 Å². The molecule has 1 aromatic heterocycles. The summed E-state index contributed by atoms with van der Waals surface area (Å²) in [6.45, 7) is 8.83. The molecular weight excluding hydrogens is 203 g/mol. The van der Waals surface area contributed by atoms with Crippen LogP contribution in [-0.4, -0.2) is 30.1 Å². The number of aryl methyl sites for hydroxylation is 1. The predicted molar refractivity (Wildman–Crippen MR) is 63.6 cm³/mol. The maximum absolute atomic E-state index is 5.70. The van der Waals surface area contributed by atoms with Gasteiger partial charge in [0.2, 0.25) is 0 Å². The van der Waals surface area contributed by atoms with Crippen molar-refractivity contribution in [2.24, 2.45) is 5.41 Å². The molecule has 1 aliphatic rings. The zero-order chi connectivity index (χ0) is 11.6. The molecule has 0 aromatic carbocycles. The molecule has 16 heavy (non-hydrogen) atoms. The summed E-state index contributed by atoms with van der Waals surface area (Å²) in [7, 11) is -0.237. The SMILES string of the molecule is CCCn1cc(B2OCC(C)(C)CO2)cn1. The van der Waals surface area contributed by atoms with E-state index in [2.05, 4.69) is 25.9 Å². The number of hydrogen-bond donors (Lipinski definition) is 0. The lowest BCUT2D eigenvalue weighted by Crippen LogP contribution is -2.47. The van der Waals surface area contributed by atoms with Gasteiger partial charge in [-0.3, -0.25) is 4.68 Å². The van der Waals surface area contributed by atoms with E-state index in [4.69, 9.17) is 9.31 Å². The van der Waals surface area contributed by atoms with Crippen molar-refractivity contribution in [3.63, 3.8) is 0 Å². The van der Waals surface area contributed by atoms with Gasteiger partial charge in [-0.2, -0.15) is 5.10 Å². The van der Waals surface area contributed by atoms with E-state index >= 15 is 0 Å². The van der Waals surface area contributed by atoms with Crippen LogP contribution in [0.3, 0.4) is 0 Å². The molecule has 0 bridgehead atoms. The molecule has 1 fully saturated rings. The molecule has 2 rings (SSSR count). The fraction of sp³-hybridized carbons (Fsp3) is 0.727. The highest BCUT2D eigenvalue weighted by atomic mass is 16.6. The summed E-state index contributed by atoms with van der Waals surface area (Å²) in [6, 6.07) is 0. The fourth-order valence-corrected chi connectivity index (χ4v) is 1.74. The van der Waals surface area contributed by atoms with Crippen LogP contribution in [0, 0.1) is 5.41 Å². The Balaban J connectivity index is 1.97. The van der Waals surface area contributed by atoms with Gasteiger partial charge in [-0.15, -0.1) is 0 Å². The number of nitrogens with zero attached hydrogens (tertiary/aromatic N) is 2. The topological polar surface area (TPSA) is 36.3 Å². The second-order valence-corrected chi connectivity index (χ2v) is 5.15. The minimum absolute atomic E-state index is 0.121. The van der Waals surface area contributed by atoms with Crippen molar-refractivity contribution in [2.45, 2.75) is 33.7 Å². The van der Waals surface area contributed by atoms with Crippen molar-refractivity contribution < 1.29 is 9.31 Å². The van der Waals surface area contributed by atoms with Crippen LogP contribution < -0.4 is 5.46 Å². The minimum Gasteiger partial charge on any atom is -0.407 e. The number of rotatable bonds is 3. The Morgan fingerprint density at radius 1 is 1.44 bits per heavy atom. The predicted octanol–water partition coefficient (Wildman–Crippen LogP) is 1.06. The second-order valence-electron chi connectivity index (χ2n) is 5.15. The lowest BCUT2D eigenvalue weighted by atomic mass is 9.78. The van der Waals surface area contributed by atoms with E-state index in [0.29, 0.717) is 0 Å². The van der Waals surface area contributed by atoms with Crippen molar-refractivity contribution in [3.05, 3.63) is 12.4 Å². The highest BCUT2D eigenvalue weighted by Crippen LogP contribution is 2.21. The first-order valence-electron chi connectivity index (χ1n) is 5.86. The van der Waals surface area contributed by atoms with Crippen LogP contribution in [0.15, 0.2) is 12.4 Å². The third-order valence-electron chi connectivity index (χ3n) is 2.63. The van der Waals surface area contributed by atoms with Crippen LogP contribution in [0.2, 0.25) is 0 Å². The minimum atomic E-state index is -0.237. The van der Waals surface area contributed by atoms with E-state index in [9.17, 15) is 0 Å². The second kappa shape index (κ2) is 4.59. The molecule has 0 amide bonds. The molecule has 0 N–H and O–H groups in total. The molecule has 4 nitrogen and oxygen atoms in total. The first-order chi connectivity index (χ1) is 7.61. The lowest BCUT2D eigenvalue weighted by molar-refractivity contribution is 0.0343. The van der Waals surface area contributed by atoms with E-state index in [1.807, 2.05) is 17.1 Å². The summed E-state index contributed by atoms with van der Waals surface area (Å²) >= 11 is 0. The molecule has 1 aromatic rings. The molecule has 0 saturated carbocycles. The Morgan fingerprint density at radius 3 is 2.75 bits per heavy atom. The first kappa shape index (κ1) is 11.7. The maximum Gasteiger partial charge on any atom is 0.497 e. The van der Waals surface area contributed by atoms with E-state index < -0.39 is 0 Å². The molecular formula is C11H19BN2O2. The Labute approximate surface area is 97.1 Å². The summed E-state index contributed by atoms with van der Waals surface area (Å²) in [5.74, 6) is 0. The van der Waals surface area contributed by atoms with Crippen LogP contribution in [0.1, 0.15) is 27.2 Å². The first-order valence-corrected chi connectivity index (χ1v) is 5.86. The van der Waals surface area contributed by atoms with Crippen molar-refractivity contribution in [2.75, 3.05) is 13.2 Å². The Morgan fingerprint density at radius 2 is 2.12 bits per heavy atom. The van der Waals surface area contributed by atoms with Crippen molar-refractivity contribution in [1.82, 2.24) is 9.78 Å². The fourth-order valence-electron chi connectivity index (χ4n) is 1.74. The van der Waals surface area contributed by atoms with Gasteiger partial charge in [-0.1, -0.05) is 20.8 Å². The van der Waals surface area contributed by atoms with E-state index in [1.165, 1.54) is 0 Å². The van der Waals surface area contributed by atoms with Crippen LogP contribution in [0.25, 0.3) is 0 Å². The molecule has 2 heterocycles. The summed E-state index contributed by atoms with van der Waals surface area (Å²) in [5, 5.41) is 4.27. The van der Waals surface area contributed by atoms with Gasteiger partial charge in [-0.25, -0.2) is 0 Å². The van der Waals surface area contributed by atoms with Crippen LogP contribution in [0.5, 0.6) is 0 Å². The van der Waals surface area contributed by atoms with Gasteiger partial charge in [0, 0.05) is 43.0 Å². The number of aromatic nitrogens is 2. The molecule has 5 heteroatoms. The molecule has 0 unspecified atom stereocenters. The van der Waals surface area contributed by atoms with Crippen molar-refractivity contribution in [3.8, 4) is 0 Å². The van der Waals surface area contributed by atoms with Gasteiger partial charge in [0.25, 0.3) is 0 Å². The van der Waals surface area contributed by atoms with Crippen molar-refractivity contribution >= 4 is 12.6 Å². The average Bonchev–Trinajstić information content (AvgIpc) is 2.67. The highest BCUT2D eigenvalue weighted by molar-refractivity contribution is 6.61. The summed E-state index contributed by atoms with van der Waals surface area (Å²) < 4.78 is 13.3. The Bertz CT molecular complexity index is 342. The zero-order valence-corrected chi connectivity index (χ0v) is 10.3. The average molecular weight is 222 g/mol. The normalized spacial score (nSPS) is 20.1. The third-order valence-corrected chi connectivity index (χ3v) is 2.63. The highest BCUT2D eigenvalue weighted by Gasteiger charge is 2.34. The Kier molecular flexibility index (Phi) is 3.35. The van der Waals surface area contributed by atoms with E-state index in [1.54, 1.807) is 0 Å². The lowest BCUT2D eigenvalue weighted by Gasteiger charge is -2.32. The smallest absolute Gasteiger partial charge is 0.407 e. The molecule has 0 radical (unpaired) electrons. The third kappa shape index (κ3) is 2.65. The van der Waals surface area contributed by atoms with E-state index in [-0.39, 0.29) is 12.5 Å². The van der Waals surface area contributed by atoms with Gasteiger partial charge in [0.1, 0.15) is 0 Å². The molecule has 88 valence electrons. The summed E-state index contributed by atoms with van der Waals surface area (Å²) in [5.41, 5.74) is 1.14. The van der Waals surface area contributed by atoms with Crippen LogP contribution in [0.4, 0.5) is 0 Å². The molecule has 0 aliphatic carbocycles. The van der Waals surface area contributed by atoms with Gasteiger partial charge < -0.3 is 9.31 Å². The molecule has 1 aliphatic heterocycles. The summed E-state index contributed by atoms with van der Waals surface area (Å²) in [6.07, 6.45) is 4.92. The maximum atomic E-state index is 5.70. The largest absolute Gasteiger partial charge is 0.497 e. The van der Waals surface area contributed by atoms with Gasteiger partial charge in [0.05, 0.1) is 0 Å².